The zero-order valence-electron chi connectivity index (χ0n) is 6.35. The molecule has 4 nitrogen and oxygen atoms in total. The maximum atomic E-state index is 10.9. The van der Waals surface area contributed by atoms with Gasteiger partial charge in [-0.15, -0.1) is 0 Å². The monoisotopic (exact) mass is 153 g/mol. The van der Waals surface area contributed by atoms with Gasteiger partial charge in [0.05, 0.1) is 11.4 Å². The predicted molar refractivity (Wildman–Crippen MR) is 45.3 cm³/mol. The van der Waals surface area contributed by atoms with Gasteiger partial charge in [0.15, 0.2) is 0 Å². The summed E-state index contributed by atoms with van der Waals surface area (Å²) in [7, 11) is 0. The Morgan fingerprint density at radius 2 is 2.09 bits per heavy atom. The molecule has 0 fully saturated rings. The molecule has 0 aliphatic carbocycles. The number of pyridine rings is 1. The highest BCUT2D eigenvalue weighted by Gasteiger charge is 2.00. The molecule has 0 atom stereocenters. The van der Waals surface area contributed by atoms with E-state index in [1.807, 2.05) is 6.92 Å². The lowest BCUT2D eigenvalue weighted by atomic mass is 10.2. The molecule has 0 unspecified atom stereocenters. The first-order valence-electron chi connectivity index (χ1n) is 3.42. The van der Waals surface area contributed by atoms with E-state index in [0.717, 1.165) is 5.69 Å². The minimum atomic E-state index is -0.268. The normalized spacial score (nSPS) is 9.91. The zero-order valence-corrected chi connectivity index (χ0v) is 6.35. The van der Waals surface area contributed by atoms with E-state index in [-0.39, 0.29) is 11.2 Å². The van der Waals surface area contributed by atoms with Crippen LogP contribution in [0.1, 0.15) is 12.6 Å². The van der Waals surface area contributed by atoms with Crippen molar-refractivity contribution in [3.63, 3.8) is 0 Å². The highest BCUT2D eigenvalue weighted by atomic mass is 16.1. The molecule has 1 aromatic rings. The van der Waals surface area contributed by atoms with Gasteiger partial charge in [0.2, 0.25) is 0 Å². The first-order valence-corrected chi connectivity index (χ1v) is 3.42. The number of nitrogens with one attached hydrogen (secondary N) is 1. The Labute approximate surface area is 64.2 Å². The zero-order chi connectivity index (χ0) is 8.43. The smallest absolute Gasteiger partial charge is 0.271 e. The second-order valence-corrected chi connectivity index (χ2v) is 2.34. The van der Waals surface area contributed by atoms with Crippen LogP contribution in [0.25, 0.3) is 0 Å². The summed E-state index contributed by atoms with van der Waals surface area (Å²) in [5.41, 5.74) is 12.1. The number of anilines is 2. The third-order valence-corrected chi connectivity index (χ3v) is 1.54. The molecule has 0 saturated heterocycles. The first-order chi connectivity index (χ1) is 5.15. The van der Waals surface area contributed by atoms with Gasteiger partial charge in [0.25, 0.3) is 5.56 Å². The van der Waals surface area contributed by atoms with Crippen LogP contribution in [0.3, 0.4) is 0 Å². The minimum Gasteiger partial charge on any atom is -0.397 e. The average molecular weight is 153 g/mol. The van der Waals surface area contributed by atoms with Crippen LogP contribution in [0, 0.1) is 0 Å². The molecule has 0 spiro atoms. The largest absolute Gasteiger partial charge is 0.397 e. The van der Waals surface area contributed by atoms with Gasteiger partial charge in [-0.3, -0.25) is 4.79 Å². The SMILES string of the molecule is CCc1[nH]c(=O)c(N)cc1N. The van der Waals surface area contributed by atoms with Crippen molar-refractivity contribution in [2.75, 3.05) is 11.5 Å². The Morgan fingerprint density at radius 3 is 2.64 bits per heavy atom. The minimum absolute atomic E-state index is 0.166. The molecule has 4 heteroatoms. The summed E-state index contributed by atoms with van der Waals surface area (Å²) < 4.78 is 0. The van der Waals surface area contributed by atoms with E-state index in [1.54, 1.807) is 0 Å². The topological polar surface area (TPSA) is 84.9 Å². The maximum absolute atomic E-state index is 10.9. The Morgan fingerprint density at radius 1 is 1.45 bits per heavy atom. The van der Waals surface area contributed by atoms with Gasteiger partial charge < -0.3 is 16.5 Å². The molecule has 60 valence electrons. The number of hydrogen-bond acceptors (Lipinski definition) is 3. The Balaban J connectivity index is 3.32. The Bertz CT molecular complexity index is 316. The van der Waals surface area contributed by atoms with Crippen molar-refractivity contribution in [3.05, 3.63) is 22.1 Å². The molecular weight excluding hydrogens is 142 g/mol. The number of H-pyrrole nitrogens is 1. The highest BCUT2D eigenvalue weighted by molar-refractivity contribution is 5.52. The van der Waals surface area contributed by atoms with Crippen molar-refractivity contribution in [1.82, 2.24) is 4.98 Å². The highest BCUT2D eigenvalue weighted by Crippen LogP contribution is 2.08. The third-order valence-electron chi connectivity index (χ3n) is 1.54. The first kappa shape index (κ1) is 7.65. The van der Waals surface area contributed by atoms with E-state index >= 15 is 0 Å². The maximum Gasteiger partial charge on any atom is 0.271 e. The number of aromatic amines is 1. The lowest BCUT2D eigenvalue weighted by Crippen LogP contribution is -2.15. The summed E-state index contributed by atoms with van der Waals surface area (Å²) in [4.78, 5) is 13.5. The number of aromatic nitrogens is 1. The van der Waals surface area contributed by atoms with Crippen LogP contribution < -0.4 is 17.0 Å². The van der Waals surface area contributed by atoms with Crippen LogP contribution in [0.2, 0.25) is 0 Å². The summed E-state index contributed by atoms with van der Waals surface area (Å²) in [6.07, 6.45) is 0.710. The van der Waals surface area contributed by atoms with Gasteiger partial charge in [-0.2, -0.15) is 0 Å². The predicted octanol–water partition coefficient (Wildman–Crippen LogP) is 0.102. The lowest BCUT2D eigenvalue weighted by molar-refractivity contribution is 1.02. The summed E-state index contributed by atoms with van der Waals surface area (Å²) in [5, 5.41) is 0. The lowest BCUT2D eigenvalue weighted by Gasteiger charge is -2.01. The molecule has 0 aliphatic heterocycles. The van der Waals surface area contributed by atoms with Gasteiger partial charge in [-0.05, 0) is 12.5 Å². The molecule has 1 aromatic heterocycles. The average Bonchev–Trinajstić information content (AvgIpc) is 1.97. The number of nitrogens with two attached hydrogens (primary N) is 2. The fourth-order valence-electron chi connectivity index (χ4n) is 0.894. The van der Waals surface area contributed by atoms with Crippen LogP contribution in [-0.2, 0) is 6.42 Å². The van der Waals surface area contributed by atoms with E-state index in [0.29, 0.717) is 12.1 Å². The molecule has 0 saturated carbocycles. The van der Waals surface area contributed by atoms with Gasteiger partial charge in [-0.25, -0.2) is 0 Å². The molecule has 1 heterocycles. The van der Waals surface area contributed by atoms with E-state index in [4.69, 9.17) is 11.5 Å². The molecule has 5 N–H and O–H groups in total. The summed E-state index contributed by atoms with van der Waals surface area (Å²) >= 11 is 0. The van der Waals surface area contributed by atoms with E-state index in [1.165, 1.54) is 6.07 Å². The van der Waals surface area contributed by atoms with Crippen molar-refractivity contribution in [3.8, 4) is 0 Å². The molecule has 0 bridgehead atoms. The molecule has 0 amide bonds. The van der Waals surface area contributed by atoms with Crippen molar-refractivity contribution in [1.29, 1.82) is 0 Å². The van der Waals surface area contributed by atoms with Crippen molar-refractivity contribution >= 4 is 11.4 Å². The quantitative estimate of drug-likeness (QED) is 0.535. The number of rotatable bonds is 1. The van der Waals surface area contributed by atoms with Crippen molar-refractivity contribution < 1.29 is 0 Å². The fourth-order valence-corrected chi connectivity index (χ4v) is 0.894. The second kappa shape index (κ2) is 2.65. The van der Waals surface area contributed by atoms with Gasteiger partial charge in [0.1, 0.15) is 0 Å². The summed E-state index contributed by atoms with van der Waals surface area (Å²) in [6.45, 7) is 1.91. The van der Waals surface area contributed by atoms with E-state index in [9.17, 15) is 4.79 Å². The fraction of sp³-hybridized carbons (Fsp3) is 0.286. The molecular formula is C7H11N3O. The standard InChI is InChI=1S/C7H11N3O/c1-2-6-4(8)3-5(9)7(11)10-6/h3H,2,8-9H2,1H3,(H,10,11). The van der Waals surface area contributed by atoms with Crippen LogP contribution >= 0.6 is 0 Å². The third kappa shape index (κ3) is 1.34. The summed E-state index contributed by atoms with van der Waals surface area (Å²) in [5.74, 6) is 0. The number of hydrogen-bond donors (Lipinski definition) is 3. The van der Waals surface area contributed by atoms with Crippen LogP contribution in [-0.4, -0.2) is 4.98 Å². The Kier molecular flexibility index (Phi) is 1.85. The van der Waals surface area contributed by atoms with Crippen LogP contribution in [0.15, 0.2) is 10.9 Å². The van der Waals surface area contributed by atoms with Crippen LogP contribution in [0.5, 0.6) is 0 Å². The van der Waals surface area contributed by atoms with E-state index < -0.39 is 0 Å². The van der Waals surface area contributed by atoms with Crippen molar-refractivity contribution in [2.24, 2.45) is 0 Å². The number of aryl methyl sites for hydroxylation is 1. The molecule has 0 aromatic carbocycles. The molecule has 1 rings (SSSR count). The van der Waals surface area contributed by atoms with Crippen LogP contribution in [0.4, 0.5) is 11.4 Å². The Hall–Kier alpha value is -1.45. The van der Waals surface area contributed by atoms with Gasteiger partial charge >= 0.3 is 0 Å². The molecule has 0 radical (unpaired) electrons. The molecule has 0 aliphatic rings. The summed E-state index contributed by atoms with van der Waals surface area (Å²) in [6, 6.07) is 1.48. The number of nitrogen functional groups attached to an aromatic ring is 2. The van der Waals surface area contributed by atoms with E-state index in [2.05, 4.69) is 4.98 Å². The second-order valence-electron chi connectivity index (χ2n) is 2.34. The van der Waals surface area contributed by atoms with Crippen molar-refractivity contribution in [2.45, 2.75) is 13.3 Å². The van der Waals surface area contributed by atoms with Gasteiger partial charge in [-0.1, -0.05) is 6.92 Å². The molecule has 11 heavy (non-hydrogen) atoms. The van der Waals surface area contributed by atoms with Gasteiger partial charge in [0, 0.05) is 5.69 Å².